The summed E-state index contributed by atoms with van der Waals surface area (Å²) < 4.78 is 0. The molecular formula is C16H27N3O2S. The quantitative estimate of drug-likeness (QED) is 0.556. The van der Waals surface area contributed by atoms with E-state index in [1.807, 2.05) is 6.92 Å². The highest BCUT2D eigenvalue weighted by atomic mass is 32.1. The number of thiazole rings is 1. The lowest BCUT2D eigenvalue weighted by molar-refractivity contribution is 0.179. The predicted octanol–water partition coefficient (Wildman–Crippen LogP) is 2.62. The Labute approximate surface area is 136 Å². The summed E-state index contributed by atoms with van der Waals surface area (Å²) in [5.41, 5.74) is 1.06. The number of aromatic nitrogens is 1. The molecule has 2 rings (SSSR count). The molecule has 1 aliphatic carbocycles. The van der Waals surface area contributed by atoms with Crippen molar-refractivity contribution < 1.29 is 9.90 Å². The molecule has 0 radical (unpaired) electrons. The Bertz CT molecular complexity index is 464. The van der Waals surface area contributed by atoms with Crippen molar-refractivity contribution in [1.29, 1.82) is 0 Å². The maximum absolute atomic E-state index is 12.0. The van der Waals surface area contributed by atoms with Gasteiger partial charge in [0, 0.05) is 42.6 Å². The molecule has 0 saturated heterocycles. The van der Waals surface area contributed by atoms with Crippen LogP contribution in [0.2, 0.25) is 0 Å². The monoisotopic (exact) mass is 325 g/mol. The van der Waals surface area contributed by atoms with Crippen LogP contribution in [0.5, 0.6) is 0 Å². The Balaban J connectivity index is 1.66. The van der Waals surface area contributed by atoms with E-state index < -0.39 is 0 Å². The van der Waals surface area contributed by atoms with E-state index in [9.17, 15) is 9.90 Å². The van der Waals surface area contributed by atoms with Gasteiger partial charge in [-0.1, -0.05) is 19.3 Å². The number of urea groups is 1. The molecule has 1 fully saturated rings. The molecule has 0 bridgehead atoms. The van der Waals surface area contributed by atoms with E-state index in [1.165, 1.54) is 6.42 Å². The van der Waals surface area contributed by atoms with E-state index >= 15 is 0 Å². The van der Waals surface area contributed by atoms with Gasteiger partial charge in [-0.15, -0.1) is 11.3 Å². The Kier molecular flexibility index (Phi) is 7.12. The zero-order valence-electron chi connectivity index (χ0n) is 13.3. The van der Waals surface area contributed by atoms with Crippen molar-refractivity contribution in [2.45, 2.75) is 57.9 Å². The van der Waals surface area contributed by atoms with Gasteiger partial charge in [-0.25, -0.2) is 9.78 Å². The van der Waals surface area contributed by atoms with Crippen LogP contribution < -0.4 is 10.6 Å². The summed E-state index contributed by atoms with van der Waals surface area (Å²) in [6, 6.07) is -0.00483. The average Bonchev–Trinajstić information content (AvgIpc) is 2.79. The number of carbonyl (C=O) groups excluding carboxylic acids is 1. The van der Waals surface area contributed by atoms with Gasteiger partial charge in [-0.05, 0) is 26.2 Å². The maximum Gasteiger partial charge on any atom is 0.315 e. The number of hydrogen-bond donors (Lipinski definition) is 3. The Morgan fingerprint density at radius 2 is 2.23 bits per heavy atom. The van der Waals surface area contributed by atoms with Crippen molar-refractivity contribution in [2.75, 3.05) is 13.2 Å². The van der Waals surface area contributed by atoms with E-state index in [4.69, 9.17) is 0 Å². The van der Waals surface area contributed by atoms with Gasteiger partial charge in [0.1, 0.15) is 0 Å². The highest BCUT2D eigenvalue weighted by Gasteiger charge is 2.24. The molecule has 0 aromatic carbocycles. The standard InChI is InChI=1S/C16H27N3O2S/c1-12-11-22-15(18-12)8-5-9-17-16(21)19-14-7-4-2-3-6-13(14)10-20/h11,13-14,20H,2-10H2,1H3,(H2,17,19,21). The molecule has 1 heterocycles. The summed E-state index contributed by atoms with van der Waals surface area (Å²) in [6.45, 7) is 2.81. The maximum atomic E-state index is 12.0. The molecule has 1 aliphatic rings. The zero-order chi connectivity index (χ0) is 15.8. The summed E-state index contributed by atoms with van der Waals surface area (Å²) in [7, 11) is 0. The van der Waals surface area contributed by atoms with E-state index in [-0.39, 0.29) is 24.6 Å². The normalized spacial score (nSPS) is 22.1. The first kappa shape index (κ1) is 17.2. The third-order valence-electron chi connectivity index (χ3n) is 4.23. The lowest BCUT2D eigenvalue weighted by Crippen LogP contribution is -2.46. The molecule has 3 N–H and O–H groups in total. The van der Waals surface area contributed by atoms with Gasteiger partial charge >= 0.3 is 6.03 Å². The highest BCUT2D eigenvalue weighted by molar-refractivity contribution is 7.09. The van der Waals surface area contributed by atoms with Crippen molar-refractivity contribution in [2.24, 2.45) is 5.92 Å². The second kappa shape index (κ2) is 9.10. The van der Waals surface area contributed by atoms with Crippen LogP contribution in [0.3, 0.4) is 0 Å². The first-order valence-electron chi connectivity index (χ1n) is 8.25. The van der Waals surface area contributed by atoms with Crippen LogP contribution in [0.25, 0.3) is 0 Å². The summed E-state index contributed by atoms with van der Waals surface area (Å²) in [5.74, 6) is 0.201. The Hall–Kier alpha value is -1.14. The highest BCUT2D eigenvalue weighted by Crippen LogP contribution is 2.23. The molecule has 0 spiro atoms. The number of rotatable bonds is 6. The largest absolute Gasteiger partial charge is 0.396 e. The number of nitrogens with one attached hydrogen (secondary N) is 2. The smallest absolute Gasteiger partial charge is 0.315 e. The fourth-order valence-corrected chi connectivity index (χ4v) is 3.79. The lowest BCUT2D eigenvalue weighted by atomic mass is 9.96. The van der Waals surface area contributed by atoms with E-state index in [1.54, 1.807) is 11.3 Å². The molecule has 5 nitrogen and oxygen atoms in total. The number of nitrogens with zero attached hydrogens (tertiary/aromatic N) is 1. The Morgan fingerprint density at radius 3 is 2.95 bits per heavy atom. The number of carbonyl (C=O) groups is 1. The first-order valence-corrected chi connectivity index (χ1v) is 9.13. The number of hydrogen-bond acceptors (Lipinski definition) is 4. The summed E-state index contributed by atoms with van der Waals surface area (Å²) in [6.07, 6.45) is 7.25. The second-order valence-electron chi connectivity index (χ2n) is 6.07. The van der Waals surface area contributed by atoms with E-state index in [2.05, 4.69) is 21.0 Å². The lowest BCUT2D eigenvalue weighted by Gasteiger charge is -2.24. The number of aryl methyl sites for hydroxylation is 2. The molecule has 0 aliphatic heterocycles. The average molecular weight is 325 g/mol. The molecule has 1 aromatic heterocycles. The van der Waals surface area contributed by atoms with Crippen LogP contribution in [-0.2, 0) is 6.42 Å². The molecule has 2 amide bonds. The Morgan fingerprint density at radius 1 is 1.41 bits per heavy atom. The van der Waals surface area contributed by atoms with Gasteiger partial charge in [0.15, 0.2) is 0 Å². The first-order chi connectivity index (χ1) is 10.7. The SMILES string of the molecule is Cc1csc(CCCNC(=O)NC2CCCCCC2CO)n1. The van der Waals surface area contributed by atoms with Gasteiger partial charge in [-0.3, -0.25) is 0 Å². The van der Waals surface area contributed by atoms with Crippen LogP contribution >= 0.6 is 11.3 Å². The molecule has 1 aromatic rings. The molecule has 1 saturated carbocycles. The molecule has 2 atom stereocenters. The fourth-order valence-electron chi connectivity index (χ4n) is 2.97. The van der Waals surface area contributed by atoms with Gasteiger partial charge in [-0.2, -0.15) is 0 Å². The molecule has 2 unspecified atom stereocenters. The molecule has 6 heteroatoms. The zero-order valence-corrected chi connectivity index (χ0v) is 14.1. The topological polar surface area (TPSA) is 74.2 Å². The van der Waals surface area contributed by atoms with Crippen LogP contribution in [0.15, 0.2) is 5.38 Å². The molecule has 124 valence electrons. The molecular weight excluding hydrogens is 298 g/mol. The van der Waals surface area contributed by atoms with Crippen molar-refractivity contribution in [3.63, 3.8) is 0 Å². The summed E-state index contributed by atoms with van der Waals surface area (Å²) in [4.78, 5) is 16.4. The van der Waals surface area contributed by atoms with Crippen LogP contribution in [0, 0.1) is 12.8 Å². The minimum atomic E-state index is -0.110. The number of aliphatic hydroxyl groups excluding tert-OH is 1. The van der Waals surface area contributed by atoms with Crippen LogP contribution in [-0.4, -0.2) is 35.3 Å². The fraction of sp³-hybridized carbons (Fsp3) is 0.750. The van der Waals surface area contributed by atoms with Crippen LogP contribution in [0.4, 0.5) is 4.79 Å². The van der Waals surface area contributed by atoms with Gasteiger partial charge in [0.2, 0.25) is 0 Å². The van der Waals surface area contributed by atoms with Crippen molar-refractivity contribution >= 4 is 17.4 Å². The number of amides is 2. The van der Waals surface area contributed by atoms with Gasteiger partial charge in [0.25, 0.3) is 0 Å². The third kappa shape index (κ3) is 5.57. The number of aliphatic hydroxyl groups is 1. The van der Waals surface area contributed by atoms with E-state index in [0.717, 1.165) is 49.2 Å². The van der Waals surface area contributed by atoms with Crippen LogP contribution in [0.1, 0.15) is 49.2 Å². The van der Waals surface area contributed by atoms with Crippen molar-refractivity contribution in [3.05, 3.63) is 16.1 Å². The second-order valence-corrected chi connectivity index (χ2v) is 7.02. The minimum absolute atomic E-state index is 0.106. The van der Waals surface area contributed by atoms with Gasteiger partial charge < -0.3 is 15.7 Å². The summed E-state index contributed by atoms with van der Waals surface area (Å²) >= 11 is 1.68. The summed E-state index contributed by atoms with van der Waals surface area (Å²) in [5, 5.41) is 18.6. The predicted molar refractivity (Wildman–Crippen MR) is 89.2 cm³/mol. The van der Waals surface area contributed by atoms with E-state index in [0.29, 0.717) is 6.54 Å². The molecule has 22 heavy (non-hydrogen) atoms. The van der Waals surface area contributed by atoms with Crippen molar-refractivity contribution in [3.8, 4) is 0 Å². The van der Waals surface area contributed by atoms with Crippen molar-refractivity contribution in [1.82, 2.24) is 15.6 Å². The third-order valence-corrected chi connectivity index (χ3v) is 5.26. The minimum Gasteiger partial charge on any atom is -0.396 e. The van der Waals surface area contributed by atoms with Gasteiger partial charge in [0.05, 0.1) is 5.01 Å².